The van der Waals surface area contributed by atoms with Crippen molar-refractivity contribution in [2.75, 3.05) is 0 Å². The average molecular weight is 535 g/mol. The van der Waals surface area contributed by atoms with Crippen LogP contribution >= 0.6 is 0 Å². The third-order valence-corrected chi connectivity index (χ3v) is 8.27. The van der Waals surface area contributed by atoms with Gasteiger partial charge in [0.15, 0.2) is 5.78 Å². The summed E-state index contributed by atoms with van der Waals surface area (Å²) in [5.41, 5.74) is -4.62. The molecule has 1 aromatic rings. The number of carbonyl (C=O) groups is 3. The highest BCUT2D eigenvalue weighted by molar-refractivity contribution is 6.14. The number of alkyl halides is 3. The maximum Gasteiger partial charge on any atom is 0.425 e. The molecule has 0 aromatic heterocycles. The van der Waals surface area contributed by atoms with Crippen LogP contribution in [-0.2, 0) is 9.59 Å². The normalized spacial score (nSPS) is 29.5. The number of rotatable bonds is 5. The lowest BCUT2D eigenvalue weighted by Gasteiger charge is -2.43. The van der Waals surface area contributed by atoms with Gasteiger partial charge in [-0.05, 0) is 68.2 Å². The standard InChI is InChI=1S/C29H37F3N2O4/c1-16(2)38-20-12-10-19(11-13-20)25(36)33-28(29(30,31)32)24-22(14-27(5,6)15-23(24)35)34(26(28)37)21-9-7-8-17(3)18(21)4/h10-13,16-18,21H,7-9,14-15H2,1-6H3,(H,33,36)/t17-,18+,21-,28+/m1/s1. The number of nitrogens with one attached hydrogen (secondary N) is 1. The molecule has 1 heterocycles. The second-order valence-corrected chi connectivity index (χ2v) is 12.2. The van der Waals surface area contributed by atoms with E-state index >= 15 is 13.2 Å². The zero-order chi connectivity index (χ0) is 28.2. The van der Waals surface area contributed by atoms with E-state index in [0.29, 0.717) is 12.2 Å². The summed E-state index contributed by atoms with van der Waals surface area (Å²) in [5.74, 6) is -2.50. The SMILES string of the molecule is CC(C)Oc1ccc(C(=O)N[C@]2(C(F)(F)F)C(=O)N([C@@H]3CCC[C@@H](C)[C@@H]3C)C3=C2C(=O)CC(C)(C)C3)cc1. The maximum atomic E-state index is 15.1. The Hall–Kier alpha value is -2.84. The van der Waals surface area contributed by atoms with Crippen LogP contribution in [0.4, 0.5) is 13.2 Å². The quantitative estimate of drug-likeness (QED) is 0.517. The molecule has 2 aliphatic carbocycles. The van der Waals surface area contributed by atoms with Crippen molar-refractivity contribution in [3.05, 3.63) is 41.1 Å². The number of ether oxygens (including phenoxy) is 1. The van der Waals surface area contributed by atoms with Gasteiger partial charge >= 0.3 is 6.18 Å². The summed E-state index contributed by atoms with van der Waals surface area (Å²) in [6.07, 6.45) is -3.10. The molecule has 208 valence electrons. The Kier molecular flexibility index (Phi) is 7.21. The summed E-state index contributed by atoms with van der Waals surface area (Å²) in [7, 11) is 0. The molecule has 1 fully saturated rings. The van der Waals surface area contributed by atoms with Gasteiger partial charge in [0.25, 0.3) is 11.8 Å². The van der Waals surface area contributed by atoms with Crippen molar-refractivity contribution >= 4 is 17.6 Å². The van der Waals surface area contributed by atoms with E-state index in [-0.39, 0.29) is 42.0 Å². The fourth-order valence-corrected chi connectivity index (χ4v) is 6.25. The zero-order valence-electron chi connectivity index (χ0n) is 22.9. The summed E-state index contributed by atoms with van der Waals surface area (Å²) >= 11 is 0. The van der Waals surface area contributed by atoms with Crippen molar-refractivity contribution in [3.8, 4) is 5.75 Å². The molecule has 2 amide bonds. The van der Waals surface area contributed by atoms with E-state index < -0.39 is 46.3 Å². The molecule has 4 atom stereocenters. The monoisotopic (exact) mass is 534 g/mol. The van der Waals surface area contributed by atoms with E-state index in [1.54, 1.807) is 0 Å². The molecule has 0 bridgehead atoms. The van der Waals surface area contributed by atoms with Gasteiger partial charge in [-0.3, -0.25) is 14.4 Å². The van der Waals surface area contributed by atoms with Crippen molar-refractivity contribution in [2.45, 2.75) is 97.5 Å². The van der Waals surface area contributed by atoms with Gasteiger partial charge in [0.2, 0.25) is 5.54 Å². The van der Waals surface area contributed by atoms with Crippen LogP contribution in [-0.4, -0.2) is 46.4 Å². The van der Waals surface area contributed by atoms with Crippen LogP contribution in [0.1, 0.15) is 84.0 Å². The molecule has 6 nitrogen and oxygen atoms in total. The third-order valence-electron chi connectivity index (χ3n) is 8.27. The Bertz CT molecular complexity index is 1160. The van der Waals surface area contributed by atoms with Gasteiger partial charge in [-0.1, -0.05) is 40.5 Å². The van der Waals surface area contributed by atoms with E-state index in [1.807, 2.05) is 46.9 Å². The lowest BCUT2D eigenvalue weighted by Crippen LogP contribution is -2.67. The number of nitrogens with zero attached hydrogens (tertiary/aromatic N) is 1. The lowest BCUT2D eigenvalue weighted by molar-refractivity contribution is -0.192. The van der Waals surface area contributed by atoms with E-state index in [9.17, 15) is 14.4 Å². The van der Waals surface area contributed by atoms with Crippen molar-refractivity contribution in [1.82, 2.24) is 10.2 Å². The number of allylic oxidation sites excluding steroid dienone is 1. The fourth-order valence-electron chi connectivity index (χ4n) is 6.25. The summed E-state index contributed by atoms with van der Waals surface area (Å²) in [6, 6.07) is 5.19. The Morgan fingerprint density at radius 1 is 1.08 bits per heavy atom. The van der Waals surface area contributed by atoms with Gasteiger partial charge in [-0.25, -0.2) is 0 Å². The number of halogens is 3. The zero-order valence-corrected chi connectivity index (χ0v) is 22.9. The Morgan fingerprint density at radius 3 is 2.29 bits per heavy atom. The van der Waals surface area contributed by atoms with Crippen LogP contribution in [0.25, 0.3) is 0 Å². The molecule has 9 heteroatoms. The summed E-state index contributed by atoms with van der Waals surface area (Å²) < 4.78 is 51.0. The molecule has 0 radical (unpaired) electrons. The highest BCUT2D eigenvalue weighted by atomic mass is 19.4. The van der Waals surface area contributed by atoms with Crippen LogP contribution in [0.3, 0.4) is 0 Å². The fraction of sp³-hybridized carbons (Fsp3) is 0.621. The van der Waals surface area contributed by atoms with Gasteiger partial charge in [-0.15, -0.1) is 0 Å². The second-order valence-electron chi connectivity index (χ2n) is 12.2. The van der Waals surface area contributed by atoms with Crippen molar-refractivity contribution in [2.24, 2.45) is 17.3 Å². The Labute approximate surface area is 222 Å². The largest absolute Gasteiger partial charge is 0.491 e. The Balaban J connectivity index is 1.82. The number of carbonyl (C=O) groups excluding carboxylic acids is 3. The molecular weight excluding hydrogens is 497 g/mol. The van der Waals surface area contributed by atoms with Gasteiger partial charge in [0, 0.05) is 23.7 Å². The number of ketones is 1. The second kappa shape index (κ2) is 9.72. The van der Waals surface area contributed by atoms with Crippen molar-refractivity contribution in [1.29, 1.82) is 0 Å². The summed E-state index contributed by atoms with van der Waals surface area (Å²) in [5, 5.41) is 2.04. The molecule has 4 rings (SSSR count). The van der Waals surface area contributed by atoms with Crippen LogP contribution in [0.5, 0.6) is 5.75 Å². The van der Waals surface area contributed by atoms with Gasteiger partial charge < -0.3 is 15.0 Å². The van der Waals surface area contributed by atoms with E-state index in [1.165, 1.54) is 29.2 Å². The topological polar surface area (TPSA) is 75.7 Å². The smallest absolute Gasteiger partial charge is 0.425 e. The first-order chi connectivity index (χ1) is 17.6. The number of hydrogen-bond acceptors (Lipinski definition) is 4. The average Bonchev–Trinajstić information content (AvgIpc) is 3.03. The molecule has 0 saturated heterocycles. The summed E-state index contributed by atoms with van der Waals surface area (Å²) in [4.78, 5) is 42.0. The highest BCUT2D eigenvalue weighted by Gasteiger charge is 2.72. The van der Waals surface area contributed by atoms with Crippen LogP contribution in [0, 0.1) is 17.3 Å². The first-order valence-corrected chi connectivity index (χ1v) is 13.4. The Morgan fingerprint density at radius 2 is 1.71 bits per heavy atom. The first kappa shape index (κ1) is 28.2. The predicted octanol–water partition coefficient (Wildman–Crippen LogP) is 5.81. The van der Waals surface area contributed by atoms with Gasteiger partial charge in [-0.2, -0.15) is 13.2 Å². The van der Waals surface area contributed by atoms with E-state index in [0.717, 1.165) is 12.8 Å². The van der Waals surface area contributed by atoms with Crippen molar-refractivity contribution in [3.63, 3.8) is 0 Å². The molecule has 1 saturated carbocycles. The molecule has 3 aliphatic rings. The minimum absolute atomic E-state index is 0.0603. The van der Waals surface area contributed by atoms with Gasteiger partial charge in [0.1, 0.15) is 5.75 Å². The molecule has 1 N–H and O–H groups in total. The molecule has 0 spiro atoms. The number of hydrogen-bond donors (Lipinski definition) is 1. The third kappa shape index (κ3) is 4.73. The highest BCUT2D eigenvalue weighted by Crippen LogP contribution is 2.54. The molecule has 1 aliphatic heterocycles. The number of amides is 2. The molecule has 38 heavy (non-hydrogen) atoms. The number of benzene rings is 1. The molecule has 0 unspecified atom stereocenters. The van der Waals surface area contributed by atoms with E-state index in [4.69, 9.17) is 4.74 Å². The van der Waals surface area contributed by atoms with Crippen LogP contribution < -0.4 is 10.1 Å². The lowest BCUT2D eigenvalue weighted by atomic mass is 9.72. The summed E-state index contributed by atoms with van der Waals surface area (Å²) in [6.45, 7) is 11.3. The molecular formula is C29H37F3N2O4. The number of Topliss-reactive ketones (excluding diaryl/α,β-unsaturated/α-hetero) is 1. The van der Waals surface area contributed by atoms with Crippen LogP contribution in [0.15, 0.2) is 35.5 Å². The minimum Gasteiger partial charge on any atom is -0.491 e. The van der Waals surface area contributed by atoms with Crippen molar-refractivity contribution < 1.29 is 32.3 Å². The van der Waals surface area contributed by atoms with Crippen LogP contribution in [0.2, 0.25) is 0 Å². The van der Waals surface area contributed by atoms with Gasteiger partial charge in [0.05, 0.1) is 11.7 Å². The first-order valence-electron chi connectivity index (χ1n) is 13.4. The molecule has 1 aromatic carbocycles. The maximum absolute atomic E-state index is 15.1. The predicted molar refractivity (Wildman–Crippen MR) is 136 cm³/mol. The van der Waals surface area contributed by atoms with E-state index in [2.05, 4.69) is 0 Å². The minimum atomic E-state index is -5.23.